The second kappa shape index (κ2) is 7.44. The van der Waals surface area contributed by atoms with Gasteiger partial charge in [0.05, 0.1) is 6.26 Å². The number of hydrogen-bond acceptors (Lipinski definition) is 4. The van der Waals surface area contributed by atoms with Crippen molar-refractivity contribution in [1.29, 1.82) is 0 Å². The predicted octanol–water partition coefficient (Wildman–Crippen LogP) is 1.81. The van der Waals surface area contributed by atoms with Gasteiger partial charge in [-0.2, -0.15) is 0 Å². The van der Waals surface area contributed by atoms with Crippen molar-refractivity contribution in [3.05, 3.63) is 24.2 Å². The summed E-state index contributed by atoms with van der Waals surface area (Å²) in [6, 6.07) is 4.33. The fourth-order valence-corrected chi connectivity index (χ4v) is 1.48. The maximum Gasteiger partial charge on any atom is 0.169 e. The van der Waals surface area contributed by atoms with E-state index in [4.69, 9.17) is 13.9 Å². The Morgan fingerprint density at radius 3 is 2.69 bits per heavy atom. The molecule has 1 unspecified atom stereocenters. The van der Waals surface area contributed by atoms with Gasteiger partial charge in [0, 0.05) is 33.2 Å². The Morgan fingerprint density at radius 1 is 1.38 bits per heavy atom. The first-order chi connectivity index (χ1) is 7.76. The Bertz CT molecular complexity index is 257. The van der Waals surface area contributed by atoms with Crippen LogP contribution in [-0.4, -0.2) is 33.1 Å². The molecule has 0 aliphatic carbocycles. The lowest BCUT2D eigenvalue weighted by atomic mass is 10.1. The molecule has 1 aromatic heterocycles. The molecule has 92 valence electrons. The van der Waals surface area contributed by atoms with E-state index < -0.39 is 0 Å². The zero-order valence-corrected chi connectivity index (χ0v) is 10.2. The maximum absolute atomic E-state index is 5.27. The highest BCUT2D eigenvalue weighted by molar-refractivity contribution is 4.98. The zero-order valence-electron chi connectivity index (χ0n) is 10.2. The third-order valence-corrected chi connectivity index (χ3v) is 2.56. The lowest BCUT2D eigenvalue weighted by Gasteiger charge is -2.18. The SMILES string of the molecule is COC(CNC(C)CCc1ccco1)OC. The summed E-state index contributed by atoms with van der Waals surface area (Å²) >= 11 is 0. The molecule has 0 amide bonds. The number of methoxy groups -OCH3 is 2. The zero-order chi connectivity index (χ0) is 11.8. The van der Waals surface area contributed by atoms with Crippen LogP contribution < -0.4 is 5.32 Å². The summed E-state index contributed by atoms with van der Waals surface area (Å²) in [4.78, 5) is 0. The molecule has 0 aliphatic rings. The first kappa shape index (κ1) is 13.2. The van der Waals surface area contributed by atoms with Gasteiger partial charge in [-0.15, -0.1) is 0 Å². The first-order valence-electron chi connectivity index (χ1n) is 5.57. The van der Waals surface area contributed by atoms with Crippen molar-refractivity contribution in [3.8, 4) is 0 Å². The van der Waals surface area contributed by atoms with Crippen molar-refractivity contribution in [1.82, 2.24) is 5.32 Å². The number of aryl methyl sites for hydroxylation is 1. The summed E-state index contributed by atoms with van der Waals surface area (Å²) in [5.74, 6) is 1.03. The van der Waals surface area contributed by atoms with Gasteiger partial charge in [0.15, 0.2) is 6.29 Å². The fourth-order valence-electron chi connectivity index (χ4n) is 1.48. The van der Waals surface area contributed by atoms with Crippen molar-refractivity contribution >= 4 is 0 Å². The van der Waals surface area contributed by atoms with Gasteiger partial charge in [-0.1, -0.05) is 0 Å². The Kier molecular flexibility index (Phi) is 6.15. The van der Waals surface area contributed by atoms with E-state index in [9.17, 15) is 0 Å². The lowest BCUT2D eigenvalue weighted by Crippen LogP contribution is -2.35. The van der Waals surface area contributed by atoms with Gasteiger partial charge in [-0.05, 0) is 25.5 Å². The van der Waals surface area contributed by atoms with Crippen LogP contribution in [-0.2, 0) is 15.9 Å². The number of ether oxygens (including phenoxy) is 2. The maximum atomic E-state index is 5.27. The summed E-state index contributed by atoms with van der Waals surface area (Å²) in [6.07, 6.45) is 3.52. The van der Waals surface area contributed by atoms with E-state index in [2.05, 4.69) is 12.2 Å². The molecule has 0 bridgehead atoms. The highest BCUT2D eigenvalue weighted by atomic mass is 16.7. The second-order valence-corrected chi connectivity index (χ2v) is 3.83. The van der Waals surface area contributed by atoms with Gasteiger partial charge in [0.25, 0.3) is 0 Å². The molecule has 0 radical (unpaired) electrons. The Labute approximate surface area is 96.9 Å². The molecule has 1 atom stereocenters. The number of hydrogen-bond donors (Lipinski definition) is 1. The molecule has 4 heteroatoms. The minimum absolute atomic E-state index is 0.175. The van der Waals surface area contributed by atoms with Gasteiger partial charge < -0.3 is 19.2 Å². The van der Waals surface area contributed by atoms with E-state index in [0.29, 0.717) is 12.6 Å². The Hall–Kier alpha value is -0.840. The van der Waals surface area contributed by atoms with Gasteiger partial charge in [0.2, 0.25) is 0 Å². The second-order valence-electron chi connectivity index (χ2n) is 3.83. The van der Waals surface area contributed by atoms with Crippen LogP contribution >= 0.6 is 0 Å². The minimum Gasteiger partial charge on any atom is -0.469 e. The van der Waals surface area contributed by atoms with Crippen LogP contribution in [0.3, 0.4) is 0 Å². The molecule has 16 heavy (non-hydrogen) atoms. The molecule has 1 N–H and O–H groups in total. The smallest absolute Gasteiger partial charge is 0.169 e. The van der Waals surface area contributed by atoms with Gasteiger partial charge >= 0.3 is 0 Å². The van der Waals surface area contributed by atoms with Crippen molar-refractivity contribution in [2.75, 3.05) is 20.8 Å². The number of rotatable bonds is 8. The van der Waals surface area contributed by atoms with Crippen molar-refractivity contribution in [3.63, 3.8) is 0 Å². The van der Waals surface area contributed by atoms with E-state index in [1.54, 1.807) is 20.5 Å². The molecule has 0 aromatic carbocycles. The predicted molar refractivity (Wildman–Crippen MR) is 62.3 cm³/mol. The summed E-state index contributed by atoms with van der Waals surface area (Å²) in [7, 11) is 3.28. The molecule has 1 heterocycles. The molecule has 0 aliphatic heterocycles. The number of furan rings is 1. The topological polar surface area (TPSA) is 43.6 Å². The van der Waals surface area contributed by atoms with Crippen molar-refractivity contribution in [2.45, 2.75) is 32.1 Å². The third kappa shape index (κ3) is 4.79. The number of nitrogens with one attached hydrogen (secondary N) is 1. The van der Waals surface area contributed by atoms with Crippen LogP contribution in [0.25, 0.3) is 0 Å². The molecule has 0 saturated heterocycles. The van der Waals surface area contributed by atoms with Crippen LogP contribution in [0.5, 0.6) is 0 Å². The minimum atomic E-state index is -0.175. The summed E-state index contributed by atoms with van der Waals surface area (Å²) in [5.41, 5.74) is 0. The average molecular weight is 227 g/mol. The van der Waals surface area contributed by atoms with Crippen LogP contribution in [0.15, 0.2) is 22.8 Å². The molecular formula is C12H21NO3. The molecule has 0 fully saturated rings. The normalized spacial score (nSPS) is 13.2. The first-order valence-corrected chi connectivity index (χ1v) is 5.57. The summed E-state index contributed by atoms with van der Waals surface area (Å²) < 4.78 is 15.5. The highest BCUT2D eigenvalue weighted by Gasteiger charge is 2.08. The van der Waals surface area contributed by atoms with E-state index in [-0.39, 0.29) is 6.29 Å². The van der Waals surface area contributed by atoms with E-state index in [1.807, 2.05) is 12.1 Å². The fraction of sp³-hybridized carbons (Fsp3) is 0.667. The van der Waals surface area contributed by atoms with Gasteiger partial charge in [-0.25, -0.2) is 0 Å². The van der Waals surface area contributed by atoms with Crippen molar-refractivity contribution in [2.24, 2.45) is 0 Å². The van der Waals surface area contributed by atoms with Crippen LogP contribution in [0.2, 0.25) is 0 Å². The van der Waals surface area contributed by atoms with E-state index in [1.165, 1.54) is 0 Å². The van der Waals surface area contributed by atoms with Gasteiger partial charge in [-0.3, -0.25) is 0 Å². The van der Waals surface area contributed by atoms with Crippen LogP contribution in [0.1, 0.15) is 19.1 Å². The molecule has 0 saturated carbocycles. The highest BCUT2D eigenvalue weighted by Crippen LogP contribution is 2.05. The van der Waals surface area contributed by atoms with Crippen LogP contribution in [0, 0.1) is 0 Å². The van der Waals surface area contributed by atoms with E-state index in [0.717, 1.165) is 18.6 Å². The third-order valence-electron chi connectivity index (χ3n) is 2.56. The lowest BCUT2D eigenvalue weighted by molar-refractivity contribution is -0.0997. The molecular weight excluding hydrogens is 206 g/mol. The summed E-state index contributed by atoms with van der Waals surface area (Å²) in [6.45, 7) is 2.84. The average Bonchev–Trinajstić information content (AvgIpc) is 2.80. The molecule has 1 rings (SSSR count). The van der Waals surface area contributed by atoms with Crippen molar-refractivity contribution < 1.29 is 13.9 Å². The van der Waals surface area contributed by atoms with E-state index >= 15 is 0 Å². The largest absolute Gasteiger partial charge is 0.469 e. The summed E-state index contributed by atoms with van der Waals surface area (Å²) in [5, 5.41) is 3.36. The van der Waals surface area contributed by atoms with Crippen LogP contribution in [0.4, 0.5) is 0 Å². The monoisotopic (exact) mass is 227 g/mol. The molecule has 4 nitrogen and oxygen atoms in total. The molecule has 0 spiro atoms. The Morgan fingerprint density at radius 2 is 2.12 bits per heavy atom. The molecule has 1 aromatic rings. The quantitative estimate of drug-likeness (QED) is 0.688. The van der Waals surface area contributed by atoms with Gasteiger partial charge in [0.1, 0.15) is 5.76 Å². The standard InChI is InChI=1S/C12H21NO3/c1-10(13-9-12(14-2)15-3)6-7-11-5-4-8-16-11/h4-5,8,10,12-13H,6-7,9H2,1-3H3. The Balaban J connectivity index is 2.13.